The highest BCUT2D eigenvalue weighted by atomic mass is 16.4. The number of aliphatic carboxylic acids is 1. The van der Waals surface area contributed by atoms with Crippen LogP contribution in [0, 0.1) is 29.1 Å². The van der Waals surface area contributed by atoms with Crippen molar-refractivity contribution in [1.29, 1.82) is 0 Å². The molecule has 4 nitrogen and oxygen atoms in total. The first-order valence-electron chi connectivity index (χ1n) is 7.28. The highest BCUT2D eigenvalue weighted by molar-refractivity contribution is 5.91. The first kappa shape index (κ1) is 14.4. The largest absolute Gasteiger partial charge is 0.481 e. The maximum absolute atomic E-state index is 12.4. The first-order chi connectivity index (χ1) is 8.76. The Morgan fingerprint density at radius 1 is 1.16 bits per heavy atom. The molecule has 4 heteroatoms. The Hall–Kier alpha value is -1.06. The van der Waals surface area contributed by atoms with Gasteiger partial charge in [-0.25, -0.2) is 0 Å². The summed E-state index contributed by atoms with van der Waals surface area (Å²) in [5.41, 5.74) is -0.377. The molecule has 0 unspecified atom stereocenters. The monoisotopic (exact) mass is 267 g/mol. The molecule has 1 aliphatic heterocycles. The van der Waals surface area contributed by atoms with Gasteiger partial charge < -0.3 is 10.0 Å². The van der Waals surface area contributed by atoms with Gasteiger partial charge in [0.25, 0.3) is 0 Å². The van der Waals surface area contributed by atoms with Gasteiger partial charge in [-0.3, -0.25) is 9.59 Å². The van der Waals surface area contributed by atoms with Crippen molar-refractivity contribution < 1.29 is 14.7 Å². The van der Waals surface area contributed by atoms with Gasteiger partial charge in [-0.2, -0.15) is 0 Å². The van der Waals surface area contributed by atoms with E-state index in [0.29, 0.717) is 11.8 Å². The van der Waals surface area contributed by atoms with Gasteiger partial charge in [-0.15, -0.1) is 0 Å². The molecule has 2 fully saturated rings. The smallest absolute Gasteiger partial charge is 0.307 e. The minimum Gasteiger partial charge on any atom is -0.481 e. The van der Waals surface area contributed by atoms with E-state index < -0.39 is 11.9 Å². The van der Waals surface area contributed by atoms with Gasteiger partial charge in [0.05, 0.1) is 11.8 Å². The second kappa shape index (κ2) is 4.80. The second-order valence-electron chi connectivity index (χ2n) is 7.02. The summed E-state index contributed by atoms with van der Waals surface area (Å²) in [5.74, 6) is -0.226. The van der Waals surface area contributed by atoms with Crippen LogP contribution in [0.25, 0.3) is 0 Å². The van der Waals surface area contributed by atoms with Crippen LogP contribution in [0.15, 0.2) is 0 Å². The van der Waals surface area contributed by atoms with Crippen molar-refractivity contribution in [3.8, 4) is 0 Å². The molecule has 2 atom stereocenters. The molecule has 2 rings (SSSR count). The quantitative estimate of drug-likeness (QED) is 0.853. The van der Waals surface area contributed by atoms with E-state index in [1.807, 2.05) is 18.7 Å². The summed E-state index contributed by atoms with van der Waals surface area (Å²) in [7, 11) is 0. The third-order valence-electron chi connectivity index (χ3n) is 5.15. The standard InChI is InChI=1S/C15H25NO3/c1-9(2)10-5-7-16(8-6-10)13(17)11-12(14(18)19)15(11,3)4/h9-12H,5-8H2,1-4H3,(H,18,19)/t11-,12+/m1/s1. The molecule has 108 valence electrons. The zero-order chi connectivity index (χ0) is 14.4. The molecular formula is C15H25NO3. The molecule has 1 saturated heterocycles. The number of carbonyl (C=O) groups excluding carboxylic acids is 1. The van der Waals surface area contributed by atoms with Crippen LogP contribution in [0.5, 0.6) is 0 Å². The van der Waals surface area contributed by atoms with Gasteiger partial charge in [0, 0.05) is 13.1 Å². The molecule has 19 heavy (non-hydrogen) atoms. The van der Waals surface area contributed by atoms with Crippen LogP contribution in [0.2, 0.25) is 0 Å². The highest BCUT2D eigenvalue weighted by Crippen LogP contribution is 2.59. The van der Waals surface area contributed by atoms with Crippen molar-refractivity contribution in [3.63, 3.8) is 0 Å². The lowest BCUT2D eigenvalue weighted by atomic mass is 9.86. The van der Waals surface area contributed by atoms with E-state index in [9.17, 15) is 9.59 Å². The average Bonchev–Trinajstić information content (AvgIpc) is 2.91. The zero-order valence-electron chi connectivity index (χ0n) is 12.3. The van der Waals surface area contributed by atoms with E-state index >= 15 is 0 Å². The van der Waals surface area contributed by atoms with E-state index in [2.05, 4.69) is 13.8 Å². The minimum atomic E-state index is -0.833. The molecule has 0 radical (unpaired) electrons. The van der Waals surface area contributed by atoms with E-state index in [0.717, 1.165) is 25.9 Å². The summed E-state index contributed by atoms with van der Waals surface area (Å²) in [6.45, 7) is 9.81. The van der Waals surface area contributed by atoms with Crippen molar-refractivity contribution >= 4 is 11.9 Å². The summed E-state index contributed by atoms with van der Waals surface area (Å²) in [6, 6.07) is 0. The lowest BCUT2D eigenvalue weighted by Gasteiger charge is -2.34. The molecule has 0 aromatic rings. The maximum Gasteiger partial charge on any atom is 0.307 e. The van der Waals surface area contributed by atoms with Crippen LogP contribution in [0.4, 0.5) is 0 Å². The molecule has 0 spiro atoms. The number of rotatable bonds is 3. The van der Waals surface area contributed by atoms with Crippen LogP contribution >= 0.6 is 0 Å². The van der Waals surface area contributed by atoms with Crippen LogP contribution in [0.1, 0.15) is 40.5 Å². The Morgan fingerprint density at radius 2 is 1.68 bits per heavy atom. The summed E-state index contributed by atoms with van der Waals surface area (Å²) >= 11 is 0. The third-order valence-corrected chi connectivity index (χ3v) is 5.15. The summed E-state index contributed by atoms with van der Waals surface area (Å²) in [4.78, 5) is 25.5. The predicted octanol–water partition coefficient (Wildman–Crippen LogP) is 2.24. The maximum atomic E-state index is 12.4. The zero-order valence-corrected chi connectivity index (χ0v) is 12.3. The molecule has 1 aliphatic carbocycles. The number of hydrogen-bond donors (Lipinski definition) is 1. The van der Waals surface area contributed by atoms with Gasteiger partial charge in [0.2, 0.25) is 5.91 Å². The molecule has 1 amide bonds. The molecule has 0 bridgehead atoms. The van der Waals surface area contributed by atoms with Crippen LogP contribution in [0.3, 0.4) is 0 Å². The van der Waals surface area contributed by atoms with Crippen molar-refractivity contribution in [3.05, 3.63) is 0 Å². The van der Waals surface area contributed by atoms with Gasteiger partial charge in [-0.1, -0.05) is 27.7 Å². The van der Waals surface area contributed by atoms with E-state index in [4.69, 9.17) is 5.11 Å². The molecule has 0 aromatic carbocycles. The van der Waals surface area contributed by atoms with Gasteiger partial charge >= 0.3 is 5.97 Å². The molecule has 0 aromatic heterocycles. The average molecular weight is 267 g/mol. The Morgan fingerprint density at radius 3 is 2.05 bits per heavy atom. The van der Waals surface area contributed by atoms with Crippen LogP contribution in [-0.4, -0.2) is 35.0 Å². The fourth-order valence-corrected chi connectivity index (χ4v) is 3.54. The lowest BCUT2D eigenvalue weighted by molar-refractivity contribution is -0.142. The SMILES string of the molecule is CC(C)C1CCN(C(=O)[C@H]2[C@@H](C(=O)O)C2(C)C)CC1. The number of carboxylic acid groups (broad SMARTS) is 1. The Kier molecular flexibility index (Phi) is 3.63. The van der Waals surface area contributed by atoms with Gasteiger partial charge in [0.15, 0.2) is 0 Å². The number of carboxylic acids is 1. The van der Waals surface area contributed by atoms with E-state index in [1.165, 1.54) is 0 Å². The molecule has 1 heterocycles. The predicted molar refractivity (Wildman–Crippen MR) is 72.5 cm³/mol. The topological polar surface area (TPSA) is 57.6 Å². The first-order valence-corrected chi connectivity index (χ1v) is 7.28. The highest BCUT2D eigenvalue weighted by Gasteiger charge is 2.66. The lowest BCUT2D eigenvalue weighted by Crippen LogP contribution is -2.41. The van der Waals surface area contributed by atoms with Crippen molar-refractivity contribution in [1.82, 2.24) is 4.90 Å². The Balaban J connectivity index is 1.94. The second-order valence-corrected chi connectivity index (χ2v) is 7.02. The van der Waals surface area contributed by atoms with E-state index in [1.54, 1.807) is 0 Å². The van der Waals surface area contributed by atoms with Crippen LogP contribution in [-0.2, 0) is 9.59 Å². The molecular weight excluding hydrogens is 242 g/mol. The normalized spacial score (nSPS) is 30.5. The van der Waals surface area contributed by atoms with Crippen molar-refractivity contribution in [2.45, 2.75) is 40.5 Å². The fraction of sp³-hybridized carbons (Fsp3) is 0.867. The summed E-state index contributed by atoms with van der Waals surface area (Å²) in [5, 5.41) is 9.15. The number of hydrogen-bond acceptors (Lipinski definition) is 2. The minimum absolute atomic E-state index is 0.0552. The molecule has 1 saturated carbocycles. The summed E-state index contributed by atoms with van der Waals surface area (Å²) < 4.78 is 0. The van der Waals surface area contributed by atoms with Crippen molar-refractivity contribution in [2.75, 3.05) is 13.1 Å². The van der Waals surface area contributed by atoms with Gasteiger partial charge in [0.1, 0.15) is 0 Å². The number of nitrogens with zero attached hydrogens (tertiary/aromatic N) is 1. The molecule has 1 N–H and O–H groups in total. The van der Waals surface area contributed by atoms with E-state index in [-0.39, 0.29) is 17.2 Å². The van der Waals surface area contributed by atoms with Crippen LogP contribution < -0.4 is 0 Å². The fourth-order valence-electron chi connectivity index (χ4n) is 3.54. The van der Waals surface area contributed by atoms with Crippen molar-refractivity contribution in [2.24, 2.45) is 29.1 Å². The number of amides is 1. The third kappa shape index (κ3) is 2.49. The Labute approximate surface area is 115 Å². The summed E-state index contributed by atoms with van der Waals surface area (Å²) in [6.07, 6.45) is 2.10. The van der Waals surface area contributed by atoms with Gasteiger partial charge in [-0.05, 0) is 30.1 Å². The number of carbonyl (C=O) groups is 2. The number of likely N-dealkylation sites (tertiary alicyclic amines) is 1. The number of piperidine rings is 1. The molecule has 2 aliphatic rings. The Bertz CT molecular complexity index is 381.